The van der Waals surface area contributed by atoms with Crippen LogP contribution in [0.4, 0.5) is 15.2 Å². The first-order valence-electron chi connectivity index (χ1n) is 17.7. The van der Waals surface area contributed by atoms with Gasteiger partial charge in [-0.3, -0.25) is 24.1 Å². The van der Waals surface area contributed by atoms with Gasteiger partial charge in [0.1, 0.15) is 47.9 Å². The number of thiazole rings is 1. The molecule has 22 heteroatoms. The molecule has 0 radical (unpaired) electrons. The van der Waals surface area contributed by atoms with Gasteiger partial charge in [-0.1, -0.05) is 16.9 Å². The molecule has 57 heavy (non-hydrogen) atoms. The summed E-state index contributed by atoms with van der Waals surface area (Å²) >= 11 is 3.66. The number of β-lactam (4-membered cyclic amide) rings is 1. The summed E-state index contributed by atoms with van der Waals surface area (Å²) in [7, 11) is 1.25. The van der Waals surface area contributed by atoms with E-state index in [0.717, 1.165) is 11.3 Å². The summed E-state index contributed by atoms with van der Waals surface area (Å²) in [6.07, 6.45) is 0.0287. The molecule has 7 rings (SSSR count). The fraction of sp³-hybridized carbons (Fsp3) is 0.429. The zero-order valence-corrected chi connectivity index (χ0v) is 33.3. The van der Waals surface area contributed by atoms with Gasteiger partial charge in [0.2, 0.25) is 5.43 Å². The van der Waals surface area contributed by atoms with Gasteiger partial charge in [0.15, 0.2) is 10.8 Å². The highest BCUT2D eigenvalue weighted by atomic mass is 32.2. The van der Waals surface area contributed by atoms with E-state index in [-0.39, 0.29) is 70.6 Å². The Labute approximate surface area is 336 Å². The zero-order chi connectivity index (χ0) is 40.5. The number of esters is 3. The fourth-order valence-electron chi connectivity index (χ4n) is 6.77. The maximum Gasteiger partial charge on any atom is 0.355 e. The molecule has 4 aliphatic rings. The van der Waals surface area contributed by atoms with Gasteiger partial charge in [-0.2, -0.15) is 0 Å². The van der Waals surface area contributed by atoms with Crippen LogP contribution in [0.5, 0.6) is 0 Å². The molecule has 2 amide bonds. The molecule has 6 heterocycles. The zero-order valence-electron chi connectivity index (χ0n) is 30.8. The van der Waals surface area contributed by atoms with E-state index in [4.69, 9.17) is 24.8 Å². The number of anilines is 2. The van der Waals surface area contributed by atoms with Crippen molar-refractivity contribution < 1.29 is 47.4 Å². The molecule has 0 aliphatic carbocycles. The molecule has 4 aliphatic heterocycles. The molecular weight excluding hydrogens is 808 g/mol. The van der Waals surface area contributed by atoms with Crippen molar-refractivity contribution in [3.63, 3.8) is 0 Å². The Morgan fingerprint density at radius 3 is 2.51 bits per heavy atom. The number of aromatic nitrogens is 2. The number of hydrogen-bond donors (Lipinski definition) is 3. The Bertz CT molecular complexity index is 2290. The van der Waals surface area contributed by atoms with Crippen molar-refractivity contribution in [1.82, 2.24) is 25.1 Å². The molecule has 4 N–H and O–H groups in total. The standard InChI is InChI=1S/C35H37FN8O10S3/c1-16-43-22-12-23(42-7-5-38-6-8-42)20(36)11-19(22)28(46)24(31(43)57-16)33(49)52-9-4-10-53-34(50)27-18(13-54-17(2)45)14-55-32-26(30(48)44(27)32)40-29(47)25(41-51-3)21-15-56-35(37)39-21/h11-12,15-16,26,32,38H,4-10,13-14H2,1-3H3,(H2,37,39)(H,40,47)/b41-25-/t16?,26?,32-/m1/s1. The van der Waals surface area contributed by atoms with Gasteiger partial charge < -0.3 is 44.9 Å². The fourth-order valence-corrected chi connectivity index (χ4v) is 9.79. The molecule has 2 unspecified atom stereocenters. The number of nitrogens with one attached hydrogen (secondary N) is 2. The number of halogens is 1. The summed E-state index contributed by atoms with van der Waals surface area (Å²) in [5, 5.41) is 11.0. The van der Waals surface area contributed by atoms with Crippen molar-refractivity contribution in [3.8, 4) is 0 Å². The van der Waals surface area contributed by atoms with Crippen molar-refractivity contribution in [2.75, 3.05) is 69.5 Å². The van der Waals surface area contributed by atoms with E-state index in [0.29, 0.717) is 48.0 Å². The molecule has 2 fully saturated rings. The minimum absolute atomic E-state index is 0.0287. The summed E-state index contributed by atoms with van der Waals surface area (Å²) in [5.41, 5.74) is 5.93. The summed E-state index contributed by atoms with van der Waals surface area (Å²) in [6.45, 7) is 5.01. The number of nitrogens with zero attached hydrogens (tertiary/aromatic N) is 5. The normalized spacial score (nSPS) is 20.2. The number of nitrogen functional groups attached to an aromatic ring is 1. The third-order valence-electron chi connectivity index (χ3n) is 9.43. The second-order valence-electron chi connectivity index (χ2n) is 13.1. The van der Waals surface area contributed by atoms with E-state index < -0.39 is 52.4 Å². The maximum absolute atomic E-state index is 15.4. The average Bonchev–Trinajstić information content (AvgIpc) is 3.62. The molecular formula is C35H37FN8O10S3. The summed E-state index contributed by atoms with van der Waals surface area (Å²) in [6, 6.07) is 1.79. The molecule has 302 valence electrons. The number of rotatable bonds is 13. The SMILES string of the molecule is CO/N=C(\C(=O)NC1C(=O)N2C(C(=O)OCCCOC(=O)c3c4n(c5cc(N6CCNCC6)c(F)cc5c3=O)C(C)S4)=C(COC(C)=O)CS[C@H]12)c1csc(N)n1. The maximum atomic E-state index is 15.4. The lowest BCUT2D eigenvalue weighted by molar-refractivity contribution is -0.153. The largest absolute Gasteiger partial charge is 0.462 e. The van der Waals surface area contributed by atoms with E-state index in [1.54, 1.807) is 6.07 Å². The van der Waals surface area contributed by atoms with E-state index in [2.05, 4.69) is 20.8 Å². The molecule has 2 saturated heterocycles. The molecule has 0 spiro atoms. The number of benzene rings is 1. The summed E-state index contributed by atoms with van der Waals surface area (Å²) in [5.74, 6) is -4.15. The summed E-state index contributed by atoms with van der Waals surface area (Å²) < 4.78 is 33.3. The Hall–Kier alpha value is -5.19. The van der Waals surface area contributed by atoms with Crippen LogP contribution in [-0.4, -0.2) is 120 Å². The van der Waals surface area contributed by atoms with Crippen LogP contribution in [-0.2, 0) is 38.2 Å². The van der Waals surface area contributed by atoms with E-state index >= 15 is 4.39 Å². The van der Waals surface area contributed by atoms with E-state index in [9.17, 15) is 28.8 Å². The van der Waals surface area contributed by atoms with Crippen LogP contribution in [0.3, 0.4) is 0 Å². The second-order valence-corrected chi connectivity index (χ2v) is 16.4. The lowest BCUT2D eigenvalue weighted by Crippen LogP contribution is -2.71. The quantitative estimate of drug-likeness (QED) is 0.0554. The number of hydrogen-bond acceptors (Lipinski definition) is 18. The van der Waals surface area contributed by atoms with Crippen LogP contribution < -0.4 is 26.7 Å². The van der Waals surface area contributed by atoms with Crippen LogP contribution in [0, 0.1) is 5.82 Å². The van der Waals surface area contributed by atoms with E-state index in [1.165, 1.54) is 53.9 Å². The van der Waals surface area contributed by atoms with E-state index in [1.807, 2.05) is 16.4 Å². The van der Waals surface area contributed by atoms with Crippen molar-refractivity contribution in [1.29, 1.82) is 0 Å². The van der Waals surface area contributed by atoms with Crippen LogP contribution in [0.25, 0.3) is 10.9 Å². The van der Waals surface area contributed by atoms with Crippen molar-refractivity contribution >= 4 is 92.0 Å². The van der Waals surface area contributed by atoms with Crippen molar-refractivity contribution in [2.45, 2.75) is 42.1 Å². The lowest BCUT2D eigenvalue weighted by atomic mass is 10.0. The Morgan fingerprint density at radius 2 is 1.84 bits per heavy atom. The molecule has 0 bridgehead atoms. The van der Waals surface area contributed by atoms with Gasteiger partial charge in [-0.05, 0) is 19.1 Å². The Morgan fingerprint density at radius 1 is 1.11 bits per heavy atom. The van der Waals surface area contributed by atoms with Gasteiger partial charge in [-0.25, -0.2) is 19.0 Å². The Balaban J connectivity index is 0.995. The van der Waals surface area contributed by atoms with Gasteiger partial charge in [0.25, 0.3) is 11.8 Å². The highest BCUT2D eigenvalue weighted by Crippen LogP contribution is 2.47. The van der Waals surface area contributed by atoms with Crippen molar-refractivity contribution in [2.24, 2.45) is 5.16 Å². The first kappa shape index (κ1) is 40.0. The number of thioether (sulfide) groups is 2. The number of carbonyl (C=O) groups excluding carboxylic acids is 5. The predicted molar refractivity (Wildman–Crippen MR) is 208 cm³/mol. The molecule has 2 aromatic heterocycles. The number of oxime groups is 1. The summed E-state index contributed by atoms with van der Waals surface area (Å²) in [4.78, 5) is 90.6. The highest BCUT2D eigenvalue weighted by molar-refractivity contribution is 8.00. The van der Waals surface area contributed by atoms with Crippen molar-refractivity contribution in [3.05, 3.63) is 56.1 Å². The number of amides is 2. The average molecular weight is 845 g/mol. The first-order chi connectivity index (χ1) is 27.4. The number of pyridine rings is 1. The van der Waals surface area contributed by atoms with Crippen LogP contribution in [0.1, 0.15) is 41.7 Å². The predicted octanol–water partition coefficient (Wildman–Crippen LogP) is 1.57. The number of fused-ring (bicyclic) bond motifs is 4. The van der Waals surface area contributed by atoms with Crippen LogP contribution in [0.2, 0.25) is 0 Å². The minimum Gasteiger partial charge on any atom is -0.462 e. The number of ether oxygens (including phenoxy) is 3. The molecule has 0 saturated carbocycles. The molecule has 1 aromatic carbocycles. The Kier molecular flexibility index (Phi) is 11.7. The third kappa shape index (κ3) is 7.77. The topological polar surface area (TPSA) is 226 Å². The third-order valence-corrected chi connectivity index (χ3v) is 12.6. The lowest BCUT2D eigenvalue weighted by Gasteiger charge is -2.49. The first-order valence-corrected chi connectivity index (χ1v) is 20.5. The number of piperazine rings is 1. The monoisotopic (exact) mass is 844 g/mol. The van der Waals surface area contributed by atoms with Crippen LogP contribution in [0.15, 0.2) is 43.8 Å². The van der Waals surface area contributed by atoms with Crippen LogP contribution >= 0.6 is 34.9 Å². The molecule has 3 atom stereocenters. The highest BCUT2D eigenvalue weighted by Gasteiger charge is 2.55. The van der Waals surface area contributed by atoms with Gasteiger partial charge >= 0.3 is 17.9 Å². The second kappa shape index (κ2) is 16.7. The van der Waals surface area contributed by atoms with Gasteiger partial charge in [0, 0.05) is 61.6 Å². The smallest absolute Gasteiger partial charge is 0.355 e. The number of nitrogens with two attached hydrogens (primary N) is 1. The van der Waals surface area contributed by atoms with Gasteiger partial charge in [-0.15, -0.1) is 23.1 Å². The minimum atomic E-state index is -1.05. The molecule has 18 nitrogen and oxygen atoms in total. The molecule has 3 aromatic rings. The number of carbonyl (C=O) groups is 5. The van der Waals surface area contributed by atoms with Gasteiger partial charge in [0.05, 0.1) is 34.8 Å².